The first-order valence-corrected chi connectivity index (χ1v) is 22.2. The Balaban J connectivity index is 0.885. The predicted molar refractivity (Wildman–Crippen MR) is 246 cm³/mol. The van der Waals surface area contributed by atoms with Crippen molar-refractivity contribution in [2.24, 2.45) is 0 Å². The van der Waals surface area contributed by atoms with Crippen LogP contribution in [0.2, 0.25) is 0 Å². The van der Waals surface area contributed by atoms with E-state index in [1.165, 1.54) is 18.0 Å². The van der Waals surface area contributed by atoms with Crippen LogP contribution in [0.3, 0.4) is 0 Å². The number of likely N-dealkylation sites (N-methyl/N-ethyl adjacent to an activating group) is 1. The summed E-state index contributed by atoms with van der Waals surface area (Å²) in [5.41, 5.74) is 7.12. The first kappa shape index (κ1) is 45.3. The highest BCUT2D eigenvalue weighted by molar-refractivity contribution is 5.92. The molecule has 17 nitrogen and oxygen atoms in total. The highest BCUT2D eigenvalue weighted by Gasteiger charge is 2.30. The average molecular weight is 899 g/mol. The molecule has 3 aromatic heterocycles. The summed E-state index contributed by atoms with van der Waals surface area (Å²) >= 11 is 0. The minimum Gasteiger partial charge on any atom is -0.508 e. The van der Waals surface area contributed by atoms with Crippen molar-refractivity contribution in [3.05, 3.63) is 105 Å². The number of carbonyl (C=O) groups excluding carboxylic acids is 3. The number of fused-ring (bicyclic) bond motifs is 4. The molecular formula is C49H54N8O9. The summed E-state index contributed by atoms with van der Waals surface area (Å²) in [6, 6.07) is 17.3. The zero-order valence-corrected chi connectivity index (χ0v) is 38.2. The molecule has 0 atom stereocenters. The number of likely N-dealkylation sites (tertiary alicyclic amines) is 1. The number of piperidine rings is 1. The summed E-state index contributed by atoms with van der Waals surface area (Å²) in [5.74, 6) is 0.190. The largest absolute Gasteiger partial charge is 0.508 e. The second-order valence-electron chi connectivity index (χ2n) is 17.0. The zero-order valence-electron chi connectivity index (χ0n) is 38.2. The number of aryl methyl sites for hydroxylation is 2. The van der Waals surface area contributed by atoms with E-state index >= 15 is 0 Å². The van der Waals surface area contributed by atoms with Crippen LogP contribution in [0, 0.1) is 6.92 Å². The Labute approximate surface area is 381 Å². The lowest BCUT2D eigenvalue weighted by molar-refractivity contribution is -0.133. The smallest absolute Gasteiger partial charge is 0.415 e. The van der Waals surface area contributed by atoms with Gasteiger partial charge in [-0.2, -0.15) is 0 Å². The molecule has 0 radical (unpaired) electrons. The fraction of sp³-hybridized carbons (Fsp3) is 0.367. The van der Waals surface area contributed by atoms with Gasteiger partial charge in [-0.25, -0.2) is 9.78 Å². The summed E-state index contributed by atoms with van der Waals surface area (Å²) < 4.78 is 20.7. The molecule has 0 spiro atoms. The molecule has 1 saturated heterocycles. The number of aromatic nitrogens is 5. The number of benzene rings is 3. The summed E-state index contributed by atoms with van der Waals surface area (Å²) in [6.07, 6.45) is 0.966. The quantitative estimate of drug-likeness (QED) is 0.114. The number of ether oxygens (including phenoxy) is 3. The van der Waals surface area contributed by atoms with E-state index in [1.54, 1.807) is 76.6 Å². The van der Waals surface area contributed by atoms with Crippen LogP contribution in [0.25, 0.3) is 39.4 Å². The number of aromatic hydroxyl groups is 2. The molecule has 17 heteroatoms. The van der Waals surface area contributed by atoms with Crippen molar-refractivity contribution in [2.75, 3.05) is 40.3 Å². The Morgan fingerprint density at radius 2 is 1.67 bits per heavy atom. The van der Waals surface area contributed by atoms with Crippen molar-refractivity contribution in [3.8, 4) is 51.5 Å². The molecule has 3 amide bonds. The third-order valence-electron chi connectivity index (χ3n) is 12.3. The van der Waals surface area contributed by atoms with Crippen LogP contribution in [0.5, 0.6) is 23.0 Å². The number of nitrogens with zero attached hydrogens (tertiary/aromatic N) is 7. The van der Waals surface area contributed by atoms with Gasteiger partial charge in [-0.15, -0.1) is 10.2 Å². The second kappa shape index (κ2) is 18.7. The van der Waals surface area contributed by atoms with Gasteiger partial charge in [0.2, 0.25) is 11.7 Å². The number of hydrogen-bond acceptors (Lipinski definition) is 12. The molecule has 0 bridgehead atoms. The van der Waals surface area contributed by atoms with E-state index in [0.29, 0.717) is 79.3 Å². The Bertz CT molecular complexity index is 2920. The number of carbonyl (C=O) groups is 3. The number of phenolic OH excluding ortho intramolecular Hbond substituents is 2. The summed E-state index contributed by atoms with van der Waals surface area (Å²) in [7, 11) is 3.10. The van der Waals surface area contributed by atoms with Gasteiger partial charge in [0.1, 0.15) is 35.6 Å². The van der Waals surface area contributed by atoms with Crippen LogP contribution in [-0.2, 0) is 29.1 Å². The van der Waals surface area contributed by atoms with Gasteiger partial charge in [0.15, 0.2) is 5.82 Å². The third kappa shape index (κ3) is 8.65. The van der Waals surface area contributed by atoms with E-state index in [2.05, 4.69) is 15.5 Å². The van der Waals surface area contributed by atoms with Gasteiger partial charge < -0.3 is 44.1 Å². The number of hydrogen-bond donors (Lipinski definition) is 3. The number of amides is 3. The van der Waals surface area contributed by atoms with Crippen molar-refractivity contribution < 1.29 is 38.8 Å². The highest BCUT2D eigenvalue weighted by atomic mass is 16.6. The van der Waals surface area contributed by atoms with Gasteiger partial charge in [0, 0.05) is 74.9 Å². The van der Waals surface area contributed by atoms with Crippen LogP contribution in [0.4, 0.5) is 4.79 Å². The molecule has 344 valence electrons. The van der Waals surface area contributed by atoms with Gasteiger partial charge in [0.25, 0.3) is 11.5 Å². The molecular weight excluding hydrogens is 845 g/mol. The van der Waals surface area contributed by atoms with Gasteiger partial charge in [-0.05, 0) is 97.5 Å². The molecule has 6 aromatic rings. The van der Waals surface area contributed by atoms with Gasteiger partial charge in [-0.1, -0.05) is 20.8 Å². The summed E-state index contributed by atoms with van der Waals surface area (Å²) in [5, 5.41) is 33.4. The van der Waals surface area contributed by atoms with E-state index in [0.717, 1.165) is 39.0 Å². The first-order chi connectivity index (χ1) is 31.7. The highest BCUT2D eigenvalue weighted by Crippen LogP contribution is 2.40. The molecule has 1 fully saturated rings. The topological polar surface area (TPSA) is 203 Å². The van der Waals surface area contributed by atoms with E-state index < -0.39 is 12.0 Å². The van der Waals surface area contributed by atoms with Crippen LogP contribution >= 0.6 is 0 Å². The second-order valence-corrected chi connectivity index (χ2v) is 17.0. The lowest BCUT2D eigenvalue weighted by Gasteiger charge is -2.33. The Hall–Kier alpha value is -7.27. The maximum Gasteiger partial charge on any atom is 0.415 e. The van der Waals surface area contributed by atoms with Crippen LogP contribution < -0.4 is 20.3 Å². The van der Waals surface area contributed by atoms with Crippen molar-refractivity contribution in [3.63, 3.8) is 0 Å². The first-order valence-electron chi connectivity index (χ1n) is 22.2. The number of rotatable bonds is 13. The van der Waals surface area contributed by atoms with Crippen molar-refractivity contribution in [2.45, 2.75) is 79.1 Å². The number of nitrogens with one attached hydrogen (secondary N) is 1. The molecule has 3 N–H and O–H groups in total. The van der Waals surface area contributed by atoms with Gasteiger partial charge >= 0.3 is 6.09 Å². The fourth-order valence-corrected chi connectivity index (χ4v) is 8.80. The molecule has 0 aliphatic carbocycles. The molecule has 0 saturated carbocycles. The SMILES string of the molecule is CCNC(=O)c1nnc(-c2cc(C(C)C)c(O)cc2O)n1-c1ccc(OC2CCN(C(=O)CN(C)C(=O)Oc3ccc4nc5c(c(CC)c4c3)Cn3c-5cc(C)c(COC)c3=O)CC2)cc1. The van der Waals surface area contributed by atoms with E-state index in [4.69, 9.17) is 19.2 Å². The van der Waals surface area contributed by atoms with E-state index in [1.807, 2.05) is 33.8 Å². The number of phenols is 2. The van der Waals surface area contributed by atoms with Gasteiger partial charge in [0.05, 0.1) is 35.6 Å². The number of pyridine rings is 2. The average Bonchev–Trinajstić information content (AvgIpc) is 3.90. The molecule has 66 heavy (non-hydrogen) atoms. The van der Waals surface area contributed by atoms with Gasteiger partial charge in [-0.3, -0.25) is 19.0 Å². The fourth-order valence-electron chi connectivity index (χ4n) is 8.80. The molecule has 2 aliphatic heterocycles. The van der Waals surface area contributed by atoms with Crippen molar-refractivity contribution in [1.29, 1.82) is 0 Å². The van der Waals surface area contributed by atoms with Crippen molar-refractivity contribution >= 4 is 28.8 Å². The lowest BCUT2D eigenvalue weighted by Crippen LogP contribution is -2.46. The summed E-state index contributed by atoms with van der Waals surface area (Å²) in [4.78, 5) is 61.1. The Kier molecular flexibility index (Phi) is 12.8. The molecule has 5 heterocycles. The minimum atomic E-state index is -0.673. The predicted octanol–water partition coefficient (Wildman–Crippen LogP) is 6.48. The third-order valence-corrected chi connectivity index (χ3v) is 12.3. The van der Waals surface area contributed by atoms with Crippen LogP contribution in [0.15, 0.2) is 65.5 Å². The maximum absolute atomic E-state index is 13.4. The maximum atomic E-state index is 13.4. The molecule has 8 rings (SSSR count). The van der Waals surface area contributed by atoms with E-state index in [-0.39, 0.29) is 59.8 Å². The lowest BCUT2D eigenvalue weighted by atomic mass is 9.98. The monoisotopic (exact) mass is 898 g/mol. The molecule has 2 aliphatic rings. The van der Waals surface area contributed by atoms with Crippen molar-refractivity contribution in [1.82, 2.24) is 39.4 Å². The Morgan fingerprint density at radius 3 is 2.35 bits per heavy atom. The van der Waals surface area contributed by atoms with Crippen LogP contribution in [-0.4, -0.2) is 109 Å². The Morgan fingerprint density at radius 1 is 0.939 bits per heavy atom. The standard InChI is InChI=1S/C49H54N8O9/c1-8-33-35-21-32(14-15-39(35)51-44-37(33)24-56-40(44)20-28(5)38(26-64-7)48(56)62)66-49(63)54(6)25-43(60)55-18-16-31(17-19-55)65-30-12-10-29(11-13-30)57-45(52-53-46(57)47(61)50-9-2)36-22-34(27(3)4)41(58)23-42(36)59/h10-15,20-23,27,31,58-59H,8-9,16-19,24-26H2,1-7H3,(H,50,61). The van der Waals surface area contributed by atoms with E-state index in [9.17, 15) is 29.4 Å². The summed E-state index contributed by atoms with van der Waals surface area (Å²) in [6.45, 7) is 11.3. The zero-order chi connectivity index (χ0) is 47.0. The van der Waals surface area contributed by atoms with Crippen LogP contribution in [0.1, 0.15) is 84.9 Å². The molecule has 3 aromatic carbocycles. The number of methoxy groups -OCH3 is 1. The normalized spacial score (nSPS) is 13.5. The molecule has 0 unspecified atom stereocenters. The minimum absolute atomic E-state index is 0.0230.